The van der Waals surface area contributed by atoms with Crippen LogP contribution in [0.1, 0.15) is 43.4 Å². The summed E-state index contributed by atoms with van der Waals surface area (Å²) >= 11 is 0. The van der Waals surface area contributed by atoms with E-state index in [0.29, 0.717) is 11.4 Å². The van der Waals surface area contributed by atoms with Crippen molar-refractivity contribution in [3.63, 3.8) is 0 Å². The molecule has 0 bridgehead atoms. The summed E-state index contributed by atoms with van der Waals surface area (Å²) in [4.78, 5) is 24.9. The summed E-state index contributed by atoms with van der Waals surface area (Å²) < 4.78 is 1.71. The van der Waals surface area contributed by atoms with E-state index in [1.165, 1.54) is 0 Å². The predicted molar refractivity (Wildman–Crippen MR) is 94.6 cm³/mol. The number of aromatic amines is 2. The van der Waals surface area contributed by atoms with Gasteiger partial charge in [0.15, 0.2) is 0 Å². The first-order chi connectivity index (χ1) is 12.1. The summed E-state index contributed by atoms with van der Waals surface area (Å²) in [5.74, 6) is 0.119. The van der Waals surface area contributed by atoms with Crippen LogP contribution in [0.5, 0.6) is 0 Å². The van der Waals surface area contributed by atoms with Gasteiger partial charge in [0.1, 0.15) is 5.82 Å². The van der Waals surface area contributed by atoms with E-state index in [9.17, 15) is 9.59 Å². The van der Waals surface area contributed by atoms with Crippen molar-refractivity contribution in [3.05, 3.63) is 58.0 Å². The highest BCUT2D eigenvalue weighted by Crippen LogP contribution is 2.39. The average molecular weight is 337 g/mol. The van der Waals surface area contributed by atoms with Crippen molar-refractivity contribution in [2.24, 2.45) is 0 Å². The van der Waals surface area contributed by atoms with E-state index in [4.69, 9.17) is 0 Å². The Balaban J connectivity index is 1.89. The van der Waals surface area contributed by atoms with Gasteiger partial charge in [-0.05, 0) is 19.4 Å². The molecule has 1 amide bonds. The molecular weight excluding hydrogens is 318 g/mol. The quantitative estimate of drug-likeness (QED) is 0.685. The van der Waals surface area contributed by atoms with Crippen molar-refractivity contribution >= 4 is 11.7 Å². The van der Waals surface area contributed by atoms with Crippen LogP contribution in [0.4, 0.5) is 5.82 Å². The second-order valence-corrected chi connectivity index (χ2v) is 6.54. The molecule has 4 rings (SSSR count). The maximum absolute atomic E-state index is 12.6. The molecule has 2 aromatic heterocycles. The first-order valence-electron chi connectivity index (χ1n) is 8.29. The van der Waals surface area contributed by atoms with Gasteiger partial charge >= 0.3 is 0 Å². The lowest BCUT2D eigenvalue weighted by Gasteiger charge is -2.24. The second kappa shape index (κ2) is 5.77. The predicted octanol–water partition coefficient (Wildman–Crippen LogP) is 2.62. The number of hydrogen-bond acceptors (Lipinski definition) is 3. The van der Waals surface area contributed by atoms with E-state index in [1.807, 2.05) is 44.2 Å². The Morgan fingerprint density at radius 2 is 1.96 bits per heavy atom. The molecule has 0 radical (unpaired) electrons. The third-order valence-corrected chi connectivity index (χ3v) is 4.58. The Bertz CT molecular complexity index is 981. The first-order valence-corrected chi connectivity index (χ1v) is 8.29. The number of anilines is 1. The van der Waals surface area contributed by atoms with Crippen molar-refractivity contribution in [3.8, 4) is 11.3 Å². The molecule has 7 nitrogen and oxygen atoms in total. The van der Waals surface area contributed by atoms with Crippen LogP contribution in [0.25, 0.3) is 11.3 Å². The zero-order valence-corrected chi connectivity index (χ0v) is 14.0. The van der Waals surface area contributed by atoms with Gasteiger partial charge in [-0.15, -0.1) is 0 Å². The average Bonchev–Trinajstić information content (AvgIpc) is 3.20. The van der Waals surface area contributed by atoms with Crippen LogP contribution in [0.15, 0.2) is 41.3 Å². The molecule has 1 atom stereocenters. The Hall–Kier alpha value is -3.09. The minimum Gasteiger partial charge on any atom is -0.311 e. The molecule has 1 aliphatic heterocycles. The zero-order valence-electron chi connectivity index (χ0n) is 14.0. The largest absolute Gasteiger partial charge is 0.311 e. The van der Waals surface area contributed by atoms with Crippen LogP contribution in [0, 0.1) is 0 Å². The molecule has 0 aliphatic carbocycles. The van der Waals surface area contributed by atoms with Gasteiger partial charge in [-0.1, -0.05) is 30.3 Å². The van der Waals surface area contributed by atoms with Crippen LogP contribution in [-0.4, -0.2) is 25.9 Å². The van der Waals surface area contributed by atoms with Crippen LogP contribution in [0.3, 0.4) is 0 Å². The number of benzene rings is 1. The lowest BCUT2D eigenvalue weighted by molar-refractivity contribution is -0.116. The number of nitrogens with one attached hydrogen (secondary N) is 3. The van der Waals surface area contributed by atoms with Crippen molar-refractivity contribution in [1.29, 1.82) is 0 Å². The molecule has 25 heavy (non-hydrogen) atoms. The fourth-order valence-electron chi connectivity index (χ4n) is 3.43. The fourth-order valence-corrected chi connectivity index (χ4v) is 3.43. The van der Waals surface area contributed by atoms with E-state index < -0.39 is 0 Å². The van der Waals surface area contributed by atoms with Gasteiger partial charge in [0, 0.05) is 23.9 Å². The third-order valence-electron chi connectivity index (χ3n) is 4.58. The third kappa shape index (κ3) is 2.48. The summed E-state index contributed by atoms with van der Waals surface area (Å²) in [7, 11) is 0. The van der Waals surface area contributed by atoms with Gasteiger partial charge in [0.25, 0.3) is 5.56 Å². The Kier molecular flexibility index (Phi) is 3.56. The fraction of sp³-hybridized carbons (Fsp3) is 0.278. The molecule has 3 aromatic rings. The monoisotopic (exact) mass is 337 g/mol. The maximum atomic E-state index is 12.6. The molecule has 128 valence electrons. The maximum Gasteiger partial charge on any atom is 0.270 e. The normalized spacial score (nSPS) is 16.8. The Morgan fingerprint density at radius 3 is 2.68 bits per heavy atom. The number of H-pyrrole nitrogens is 2. The summed E-state index contributed by atoms with van der Waals surface area (Å²) in [5.41, 5.74) is 3.08. The number of amides is 1. The first kappa shape index (κ1) is 15.4. The summed E-state index contributed by atoms with van der Waals surface area (Å²) in [5, 5.41) is 12.9. The standard InChI is InChI=1S/C18H19N5O2/c1-10(2)23-17-15(18(25)22-23)12(8-14(24)20-17)13-9-19-21-16(13)11-6-4-3-5-7-11/h3-7,9-10,12H,8H2,1-2H3,(H,19,21)(H,20,24)(H,22,25)/t12-/m0/s1. The number of carbonyl (C=O) groups is 1. The lowest BCUT2D eigenvalue weighted by atomic mass is 9.86. The van der Waals surface area contributed by atoms with Crippen LogP contribution in [-0.2, 0) is 4.79 Å². The molecule has 0 fully saturated rings. The molecule has 0 saturated carbocycles. The molecule has 1 aromatic carbocycles. The van der Waals surface area contributed by atoms with Crippen LogP contribution < -0.4 is 10.9 Å². The molecule has 7 heteroatoms. The minimum atomic E-state index is -0.332. The molecule has 3 N–H and O–H groups in total. The number of rotatable bonds is 3. The molecular formula is C18H19N5O2. The van der Waals surface area contributed by atoms with Gasteiger partial charge in [-0.25, -0.2) is 0 Å². The van der Waals surface area contributed by atoms with Gasteiger partial charge in [-0.2, -0.15) is 5.10 Å². The highest BCUT2D eigenvalue weighted by Gasteiger charge is 2.35. The minimum absolute atomic E-state index is 0.0356. The van der Waals surface area contributed by atoms with Crippen molar-refractivity contribution in [2.75, 3.05) is 5.32 Å². The summed E-state index contributed by atoms with van der Waals surface area (Å²) in [6.45, 7) is 3.92. The van der Waals surface area contributed by atoms with E-state index in [0.717, 1.165) is 16.8 Å². The summed E-state index contributed by atoms with van der Waals surface area (Å²) in [6.07, 6.45) is 1.93. The number of fused-ring (bicyclic) bond motifs is 1. The lowest BCUT2D eigenvalue weighted by Crippen LogP contribution is -2.27. The zero-order chi connectivity index (χ0) is 17.6. The van der Waals surface area contributed by atoms with E-state index in [-0.39, 0.29) is 29.8 Å². The molecule has 1 aliphatic rings. The van der Waals surface area contributed by atoms with Gasteiger partial charge in [0.2, 0.25) is 5.91 Å². The van der Waals surface area contributed by atoms with Crippen molar-refractivity contribution in [2.45, 2.75) is 32.2 Å². The molecule has 3 heterocycles. The Morgan fingerprint density at radius 1 is 1.20 bits per heavy atom. The highest BCUT2D eigenvalue weighted by molar-refractivity contribution is 5.94. The van der Waals surface area contributed by atoms with Gasteiger partial charge < -0.3 is 5.32 Å². The van der Waals surface area contributed by atoms with E-state index in [1.54, 1.807) is 10.9 Å². The van der Waals surface area contributed by atoms with Crippen LogP contribution >= 0.6 is 0 Å². The topological polar surface area (TPSA) is 95.6 Å². The van der Waals surface area contributed by atoms with Crippen molar-refractivity contribution < 1.29 is 4.79 Å². The molecule has 0 unspecified atom stereocenters. The SMILES string of the molecule is CC(C)n1[nH]c(=O)c2c1NC(=O)C[C@H]2c1cn[nH]c1-c1ccccc1. The van der Waals surface area contributed by atoms with E-state index >= 15 is 0 Å². The Labute approximate surface area is 144 Å². The second-order valence-electron chi connectivity index (χ2n) is 6.54. The number of nitrogens with zero attached hydrogens (tertiary/aromatic N) is 2. The number of aromatic nitrogens is 4. The number of hydrogen-bond donors (Lipinski definition) is 3. The summed E-state index contributed by atoms with van der Waals surface area (Å²) in [6, 6.07) is 9.82. The molecule has 0 spiro atoms. The van der Waals surface area contributed by atoms with Crippen LogP contribution in [0.2, 0.25) is 0 Å². The highest BCUT2D eigenvalue weighted by atomic mass is 16.2. The van der Waals surface area contributed by atoms with E-state index in [2.05, 4.69) is 20.6 Å². The molecule has 0 saturated heterocycles. The number of carbonyl (C=O) groups excluding carboxylic acids is 1. The van der Waals surface area contributed by atoms with Crippen molar-refractivity contribution in [1.82, 2.24) is 20.0 Å². The van der Waals surface area contributed by atoms with Gasteiger partial charge in [0.05, 0.1) is 17.5 Å². The smallest absolute Gasteiger partial charge is 0.270 e. The van der Waals surface area contributed by atoms with Gasteiger partial charge in [-0.3, -0.25) is 24.5 Å².